The van der Waals surface area contributed by atoms with E-state index in [2.05, 4.69) is 22.0 Å². The van der Waals surface area contributed by atoms with Crippen LogP contribution in [0.2, 0.25) is 0 Å². The molecule has 1 aromatic heterocycles. The summed E-state index contributed by atoms with van der Waals surface area (Å²) in [6.07, 6.45) is 1.76. The van der Waals surface area contributed by atoms with Gasteiger partial charge in [0, 0.05) is 42.4 Å². The van der Waals surface area contributed by atoms with Crippen LogP contribution in [0.1, 0.15) is 28.8 Å². The predicted octanol–water partition coefficient (Wildman–Crippen LogP) is 4.69. The Labute approximate surface area is 192 Å². The van der Waals surface area contributed by atoms with Gasteiger partial charge in [-0.15, -0.1) is 0 Å². The number of hydrogen-bond acceptors (Lipinski definition) is 3. The molecular weight excluding hydrogens is 415 g/mol. The van der Waals surface area contributed by atoms with E-state index in [1.165, 1.54) is 11.6 Å². The van der Waals surface area contributed by atoms with Crippen molar-refractivity contribution in [3.8, 4) is 5.75 Å². The van der Waals surface area contributed by atoms with Crippen LogP contribution in [0.15, 0.2) is 72.8 Å². The summed E-state index contributed by atoms with van der Waals surface area (Å²) in [5.74, 6) is -0.0709. The van der Waals surface area contributed by atoms with Gasteiger partial charge in [-0.05, 0) is 47.9 Å². The van der Waals surface area contributed by atoms with Crippen LogP contribution in [-0.2, 0) is 24.8 Å². The first-order valence-electron chi connectivity index (χ1n) is 11.5. The molecule has 2 aliphatic rings. The number of fused-ring (bicyclic) bond motifs is 4. The molecule has 3 N–H and O–H groups in total. The Morgan fingerprint density at radius 1 is 0.970 bits per heavy atom. The highest BCUT2D eigenvalue weighted by atomic mass is 19.1. The van der Waals surface area contributed by atoms with E-state index >= 15 is 0 Å². The second-order valence-electron chi connectivity index (χ2n) is 9.71. The molecule has 1 fully saturated rings. The molecule has 1 aliphatic heterocycles. The van der Waals surface area contributed by atoms with Crippen LogP contribution in [0.25, 0.3) is 10.9 Å². The number of nitrogens with zero attached hydrogens (tertiary/aromatic N) is 1. The first kappa shape index (κ1) is 20.5. The second-order valence-corrected chi connectivity index (χ2v) is 9.71. The van der Waals surface area contributed by atoms with Gasteiger partial charge in [0.1, 0.15) is 11.6 Å². The number of phenols is 1. The van der Waals surface area contributed by atoms with Gasteiger partial charge >= 0.3 is 0 Å². The van der Waals surface area contributed by atoms with Crippen molar-refractivity contribution in [3.63, 3.8) is 0 Å². The van der Waals surface area contributed by atoms with E-state index in [0.717, 1.165) is 41.7 Å². The summed E-state index contributed by atoms with van der Waals surface area (Å²) < 4.78 is 14.6. The summed E-state index contributed by atoms with van der Waals surface area (Å²) in [6, 6.07) is 22.8. The third-order valence-electron chi connectivity index (χ3n) is 7.81. The number of rotatable bonds is 3. The number of likely N-dealkylation sites (tertiary alicyclic amines) is 1. The predicted molar refractivity (Wildman–Crippen MR) is 127 cm³/mol. The van der Waals surface area contributed by atoms with Gasteiger partial charge in [-0.3, -0.25) is 4.90 Å². The number of halogens is 1. The number of aromatic hydroxyl groups is 1. The van der Waals surface area contributed by atoms with Crippen molar-refractivity contribution in [2.45, 2.75) is 36.8 Å². The summed E-state index contributed by atoms with van der Waals surface area (Å²) in [7, 11) is 0. The molecule has 4 aromatic rings. The van der Waals surface area contributed by atoms with E-state index in [-0.39, 0.29) is 11.6 Å². The van der Waals surface area contributed by atoms with E-state index in [0.29, 0.717) is 24.9 Å². The minimum absolute atomic E-state index is 0.199. The zero-order valence-electron chi connectivity index (χ0n) is 18.4. The molecule has 2 unspecified atom stereocenters. The molecule has 0 spiro atoms. The molecule has 0 amide bonds. The molecule has 0 saturated carbocycles. The number of aliphatic hydroxyl groups is 1. The average Bonchev–Trinajstić information content (AvgIpc) is 3.16. The molecule has 5 heteroatoms. The molecule has 4 nitrogen and oxygen atoms in total. The lowest BCUT2D eigenvalue weighted by Crippen LogP contribution is -2.66. The zero-order chi connectivity index (χ0) is 22.6. The van der Waals surface area contributed by atoms with Crippen LogP contribution in [0.4, 0.5) is 4.39 Å². The minimum atomic E-state index is -1.05. The van der Waals surface area contributed by atoms with Crippen molar-refractivity contribution >= 4 is 10.9 Å². The number of nitrogens with one attached hydrogen (secondary N) is 1. The number of β-amino-alcohol motifs (C(OH)–C–C–N with tert-alkyl or cyclic N) is 1. The van der Waals surface area contributed by atoms with Gasteiger partial charge < -0.3 is 15.2 Å². The first-order chi connectivity index (χ1) is 16.0. The number of aromatic nitrogens is 1. The monoisotopic (exact) mass is 442 g/mol. The van der Waals surface area contributed by atoms with Gasteiger partial charge in [-0.2, -0.15) is 0 Å². The van der Waals surface area contributed by atoms with E-state index in [9.17, 15) is 14.6 Å². The smallest absolute Gasteiger partial charge is 0.147 e. The number of benzene rings is 3. The number of piperidine rings is 1. The van der Waals surface area contributed by atoms with Crippen LogP contribution < -0.4 is 0 Å². The van der Waals surface area contributed by atoms with Crippen LogP contribution in [-0.4, -0.2) is 38.8 Å². The summed E-state index contributed by atoms with van der Waals surface area (Å²) in [6.45, 7) is 2.12. The molecule has 0 bridgehead atoms. The fraction of sp³-hybridized carbons (Fsp3) is 0.286. The van der Waals surface area contributed by atoms with Crippen molar-refractivity contribution < 1.29 is 14.6 Å². The Balaban J connectivity index is 1.47. The number of aromatic amines is 1. The zero-order valence-corrected chi connectivity index (χ0v) is 18.4. The van der Waals surface area contributed by atoms with Gasteiger partial charge in [0.15, 0.2) is 0 Å². The summed E-state index contributed by atoms with van der Waals surface area (Å²) in [5, 5.41) is 23.5. The third-order valence-corrected chi connectivity index (χ3v) is 7.81. The molecule has 33 heavy (non-hydrogen) atoms. The molecule has 2 heterocycles. The van der Waals surface area contributed by atoms with E-state index < -0.39 is 11.0 Å². The Bertz CT molecular complexity index is 1330. The lowest BCUT2D eigenvalue weighted by atomic mass is 9.56. The van der Waals surface area contributed by atoms with Crippen molar-refractivity contribution in [2.24, 2.45) is 0 Å². The summed E-state index contributed by atoms with van der Waals surface area (Å²) in [5.41, 5.74) is 3.04. The quantitative estimate of drug-likeness (QED) is 0.432. The highest BCUT2D eigenvalue weighted by Gasteiger charge is 2.57. The second kappa shape index (κ2) is 7.44. The molecule has 6 rings (SSSR count). The maximum Gasteiger partial charge on any atom is 0.147 e. The molecule has 1 aliphatic carbocycles. The van der Waals surface area contributed by atoms with Crippen molar-refractivity contribution in [2.75, 3.05) is 13.1 Å². The average molecular weight is 443 g/mol. The van der Waals surface area contributed by atoms with Gasteiger partial charge in [0.05, 0.1) is 11.1 Å². The maximum atomic E-state index is 14.6. The molecule has 3 aromatic carbocycles. The lowest BCUT2D eigenvalue weighted by molar-refractivity contribution is -0.105. The minimum Gasteiger partial charge on any atom is -0.508 e. The van der Waals surface area contributed by atoms with E-state index in [4.69, 9.17) is 0 Å². The number of H-pyrrole nitrogens is 1. The van der Waals surface area contributed by atoms with E-state index in [1.54, 1.807) is 18.2 Å². The standard InChI is InChI=1S/C28H27FN2O2/c29-24-11-5-10-22-23-15-28(33)18-31(17-19-6-2-1-3-7-19)13-12-27(28,16-25(23)30-26(22)24)20-8-4-9-21(32)14-20/h1-11,14,30,32-33H,12-13,15-18H2. The highest BCUT2D eigenvalue weighted by molar-refractivity contribution is 5.86. The Kier molecular flexibility index (Phi) is 4.61. The van der Waals surface area contributed by atoms with Gasteiger partial charge in [0.2, 0.25) is 0 Å². The third kappa shape index (κ3) is 3.18. The van der Waals surface area contributed by atoms with Crippen molar-refractivity contribution in [3.05, 3.63) is 101 Å². The van der Waals surface area contributed by atoms with Crippen LogP contribution >= 0.6 is 0 Å². The Morgan fingerprint density at radius 2 is 1.79 bits per heavy atom. The van der Waals surface area contributed by atoms with Gasteiger partial charge in [0.25, 0.3) is 0 Å². The fourth-order valence-corrected chi connectivity index (χ4v) is 6.19. The first-order valence-corrected chi connectivity index (χ1v) is 11.5. The largest absolute Gasteiger partial charge is 0.508 e. The highest BCUT2D eigenvalue weighted by Crippen LogP contribution is 2.52. The number of hydrogen-bond donors (Lipinski definition) is 3. The van der Waals surface area contributed by atoms with Gasteiger partial charge in [-0.1, -0.05) is 54.6 Å². The van der Waals surface area contributed by atoms with Crippen LogP contribution in [0.3, 0.4) is 0 Å². The molecular formula is C28H27FN2O2. The number of para-hydroxylation sites is 1. The fourth-order valence-electron chi connectivity index (χ4n) is 6.19. The van der Waals surface area contributed by atoms with Crippen LogP contribution in [0.5, 0.6) is 5.75 Å². The number of phenolic OH excluding ortho intramolecular Hbond substituents is 1. The van der Waals surface area contributed by atoms with Gasteiger partial charge in [-0.25, -0.2) is 4.39 Å². The Hall–Kier alpha value is -3.15. The molecule has 168 valence electrons. The Morgan fingerprint density at radius 3 is 2.61 bits per heavy atom. The molecule has 0 radical (unpaired) electrons. The van der Waals surface area contributed by atoms with Crippen molar-refractivity contribution in [1.82, 2.24) is 9.88 Å². The lowest BCUT2D eigenvalue weighted by Gasteiger charge is -2.56. The topological polar surface area (TPSA) is 59.5 Å². The SMILES string of the molecule is Oc1cccc(C23CCN(Cc4ccccc4)CC2(O)Cc2c([nH]c4c(F)cccc24)C3)c1. The summed E-state index contributed by atoms with van der Waals surface area (Å²) in [4.78, 5) is 5.65. The summed E-state index contributed by atoms with van der Waals surface area (Å²) >= 11 is 0. The van der Waals surface area contributed by atoms with E-state index in [1.807, 2.05) is 36.4 Å². The molecule has 2 atom stereocenters. The normalized spacial score (nSPS) is 25.0. The van der Waals surface area contributed by atoms with Crippen molar-refractivity contribution in [1.29, 1.82) is 0 Å². The maximum absolute atomic E-state index is 14.6. The molecule has 1 saturated heterocycles. The van der Waals surface area contributed by atoms with Crippen LogP contribution in [0, 0.1) is 5.82 Å².